The van der Waals surface area contributed by atoms with Gasteiger partial charge in [0.25, 0.3) is 0 Å². The number of nitrogens with zero attached hydrogens (tertiary/aromatic N) is 2. The summed E-state index contributed by atoms with van der Waals surface area (Å²) >= 11 is 6.28. The number of aryl methyl sites for hydroxylation is 2. The standard InChI is InChI=1S/C41H45ClN4O2.2ClH/c42-30-19-20-32-37(27-30)45-35-16-8-7-14-31(35)40(32)44-24-10-3-1-2-9-23-43-38(47)22-18-28-17-21-36-34(26-28)41-33(15-11-25-48-41)39(46-36)29-12-5-4-6-13-29;;/h4-6,12-13,17,19-21,26-27H,1-3,7-11,14-16,18,22-25H2,(H,43,47)(H,44,45);2*1H. The van der Waals surface area contributed by atoms with Gasteiger partial charge in [0.15, 0.2) is 0 Å². The number of pyridine rings is 2. The van der Waals surface area contributed by atoms with E-state index in [4.69, 9.17) is 26.3 Å². The Hall–Kier alpha value is -3.58. The number of fused-ring (bicyclic) bond motifs is 5. The van der Waals surface area contributed by atoms with Gasteiger partial charge in [-0.3, -0.25) is 9.78 Å². The van der Waals surface area contributed by atoms with Crippen LogP contribution in [0.1, 0.15) is 80.2 Å². The van der Waals surface area contributed by atoms with Gasteiger partial charge in [0, 0.05) is 57.8 Å². The van der Waals surface area contributed by atoms with Crippen molar-refractivity contribution in [3.05, 3.63) is 94.1 Å². The molecule has 0 radical (unpaired) electrons. The molecule has 2 aromatic heterocycles. The molecule has 3 aromatic carbocycles. The molecule has 7 rings (SSSR count). The van der Waals surface area contributed by atoms with Gasteiger partial charge >= 0.3 is 0 Å². The molecule has 0 atom stereocenters. The fourth-order valence-electron chi connectivity index (χ4n) is 7.30. The lowest BCUT2D eigenvalue weighted by Crippen LogP contribution is -2.24. The number of unbranched alkanes of at least 4 members (excludes halogenated alkanes) is 4. The third kappa shape index (κ3) is 8.82. The highest BCUT2D eigenvalue weighted by molar-refractivity contribution is 6.31. The van der Waals surface area contributed by atoms with E-state index in [0.717, 1.165) is 109 Å². The first kappa shape index (κ1) is 37.7. The van der Waals surface area contributed by atoms with Gasteiger partial charge < -0.3 is 15.4 Å². The monoisotopic (exact) mass is 732 g/mol. The van der Waals surface area contributed by atoms with Crippen molar-refractivity contribution < 1.29 is 9.53 Å². The second-order valence-corrected chi connectivity index (χ2v) is 13.7. The summed E-state index contributed by atoms with van der Waals surface area (Å²) in [5.74, 6) is 1.08. The number of amides is 1. The Morgan fingerprint density at radius 2 is 1.54 bits per heavy atom. The zero-order valence-corrected chi connectivity index (χ0v) is 31.0. The van der Waals surface area contributed by atoms with Crippen molar-refractivity contribution in [1.29, 1.82) is 0 Å². The van der Waals surface area contributed by atoms with Gasteiger partial charge in [-0.1, -0.05) is 67.3 Å². The Bertz CT molecular complexity index is 1920. The normalized spacial score (nSPS) is 13.4. The summed E-state index contributed by atoms with van der Waals surface area (Å²) in [6, 6.07) is 22.8. The molecule has 50 heavy (non-hydrogen) atoms. The molecular weight excluding hydrogens is 687 g/mol. The van der Waals surface area contributed by atoms with E-state index in [-0.39, 0.29) is 30.7 Å². The van der Waals surface area contributed by atoms with Crippen molar-refractivity contribution in [1.82, 2.24) is 15.3 Å². The van der Waals surface area contributed by atoms with Gasteiger partial charge in [-0.15, -0.1) is 24.8 Å². The minimum absolute atomic E-state index is 0. The zero-order chi connectivity index (χ0) is 32.7. The molecule has 1 aliphatic carbocycles. The van der Waals surface area contributed by atoms with E-state index >= 15 is 0 Å². The van der Waals surface area contributed by atoms with E-state index < -0.39 is 0 Å². The fourth-order valence-corrected chi connectivity index (χ4v) is 7.47. The molecule has 2 N–H and O–H groups in total. The number of rotatable bonds is 13. The van der Waals surface area contributed by atoms with E-state index in [9.17, 15) is 4.79 Å². The molecule has 0 unspecified atom stereocenters. The molecule has 6 nitrogen and oxygen atoms in total. The van der Waals surface area contributed by atoms with Gasteiger partial charge in [-0.2, -0.15) is 0 Å². The highest BCUT2D eigenvalue weighted by Crippen LogP contribution is 2.39. The van der Waals surface area contributed by atoms with E-state index in [1.54, 1.807) is 0 Å². The van der Waals surface area contributed by atoms with Crippen LogP contribution in [0.25, 0.3) is 33.1 Å². The molecule has 0 bridgehead atoms. The largest absolute Gasteiger partial charge is 0.493 e. The second-order valence-electron chi connectivity index (χ2n) is 13.3. The summed E-state index contributed by atoms with van der Waals surface area (Å²) < 4.78 is 6.22. The third-order valence-electron chi connectivity index (χ3n) is 9.81. The Kier molecular flexibility index (Phi) is 13.6. The van der Waals surface area contributed by atoms with Crippen LogP contribution >= 0.6 is 36.4 Å². The van der Waals surface area contributed by atoms with Crippen LogP contribution < -0.4 is 15.4 Å². The number of hydrogen-bond acceptors (Lipinski definition) is 5. The first-order valence-electron chi connectivity index (χ1n) is 17.9. The highest BCUT2D eigenvalue weighted by Gasteiger charge is 2.21. The number of anilines is 1. The average Bonchev–Trinajstić information content (AvgIpc) is 3.12. The maximum Gasteiger partial charge on any atom is 0.220 e. The van der Waals surface area contributed by atoms with Crippen molar-refractivity contribution in [2.24, 2.45) is 0 Å². The minimum Gasteiger partial charge on any atom is -0.493 e. The van der Waals surface area contributed by atoms with Crippen LogP contribution in [0.4, 0.5) is 5.69 Å². The quantitative estimate of drug-likeness (QED) is 0.118. The lowest BCUT2D eigenvalue weighted by atomic mass is 9.92. The van der Waals surface area contributed by atoms with Crippen molar-refractivity contribution in [2.45, 2.75) is 83.5 Å². The molecule has 1 amide bonds. The molecule has 0 saturated heterocycles. The molecule has 2 aliphatic rings. The Labute approximate surface area is 313 Å². The van der Waals surface area contributed by atoms with Crippen molar-refractivity contribution in [2.75, 3.05) is 25.0 Å². The van der Waals surface area contributed by atoms with E-state index in [1.165, 1.54) is 53.6 Å². The Balaban J connectivity index is 0.00000243. The van der Waals surface area contributed by atoms with E-state index in [0.29, 0.717) is 12.8 Å². The van der Waals surface area contributed by atoms with Crippen LogP contribution in [-0.2, 0) is 30.5 Å². The topological polar surface area (TPSA) is 76.1 Å². The summed E-state index contributed by atoms with van der Waals surface area (Å²) in [5.41, 5.74) is 10.3. The molecule has 264 valence electrons. The molecular formula is C41H47Cl3N4O2. The molecule has 0 spiro atoms. The van der Waals surface area contributed by atoms with Gasteiger partial charge in [0.05, 0.1) is 23.3 Å². The van der Waals surface area contributed by atoms with E-state index in [1.807, 2.05) is 18.2 Å². The molecule has 0 saturated carbocycles. The predicted molar refractivity (Wildman–Crippen MR) is 212 cm³/mol. The predicted octanol–water partition coefficient (Wildman–Crippen LogP) is 10.3. The number of halogens is 3. The number of ether oxygens (including phenoxy) is 1. The number of hydrogen-bond donors (Lipinski definition) is 2. The van der Waals surface area contributed by atoms with Crippen molar-refractivity contribution in [3.8, 4) is 17.0 Å². The first-order chi connectivity index (χ1) is 23.6. The summed E-state index contributed by atoms with van der Waals surface area (Å²) in [6.07, 6.45) is 13.3. The number of aromatic nitrogens is 2. The summed E-state index contributed by atoms with van der Waals surface area (Å²) in [4.78, 5) is 22.7. The van der Waals surface area contributed by atoms with Crippen LogP contribution in [0.2, 0.25) is 5.02 Å². The smallest absolute Gasteiger partial charge is 0.220 e. The van der Waals surface area contributed by atoms with Crippen LogP contribution in [-0.4, -0.2) is 35.6 Å². The van der Waals surface area contributed by atoms with Crippen LogP contribution in [0, 0.1) is 0 Å². The van der Waals surface area contributed by atoms with Gasteiger partial charge in [0.1, 0.15) is 5.75 Å². The van der Waals surface area contributed by atoms with E-state index in [2.05, 4.69) is 59.2 Å². The van der Waals surface area contributed by atoms with Gasteiger partial charge in [-0.25, -0.2) is 4.98 Å². The number of benzene rings is 3. The summed E-state index contributed by atoms with van der Waals surface area (Å²) in [6.45, 7) is 2.42. The van der Waals surface area contributed by atoms with Crippen LogP contribution in [0.15, 0.2) is 66.7 Å². The fraction of sp³-hybridized carbons (Fsp3) is 0.390. The molecule has 3 heterocycles. The molecule has 1 aliphatic heterocycles. The molecule has 0 fully saturated rings. The Morgan fingerprint density at radius 1 is 0.760 bits per heavy atom. The molecule has 5 aromatic rings. The molecule has 9 heteroatoms. The van der Waals surface area contributed by atoms with Crippen molar-refractivity contribution >= 4 is 69.8 Å². The van der Waals surface area contributed by atoms with Crippen molar-refractivity contribution in [3.63, 3.8) is 0 Å². The maximum absolute atomic E-state index is 12.7. The van der Waals surface area contributed by atoms with Gasteiger partial charge in [-0.05, 0) is 99.2 Å². The zero-order valence-electron chi connectivity index (χ0n) is 28.6. The number of carbonyl (C=O) groups is 1. The summed E-state index contributed by atoms with van der Waals surface area (Å²) in [7, 11) is 0. The highest BCUT2D eigenvalue weighted by atomic mass is 35.5. The lowest BCUT2D eigenvalue weighted by molar-refractivity contribution is -0.121. The number of nitrogens with one attached hydrogen (secondary N) is 2. The second kappa shape index (κ2) is 18.1. The average molecular weight is 734 g/mol. The first-order valence-corrected chi connectivity index (χ1v) is 18.3. The maximum atomic E-state index is 12.7. The lowest BCUT2D eigenvalue weighted by Gasteiger charge is -2.22. The number of carbonyl (C=O) groups excluding carboxylic acids is 1. The third-order valence-corrected chi connectivity index (χ3v) is 10.0. The van der Waals surface area contributed by atoms with Crippen LogP contribution in [0.3, 0.4) is 0 Å². The Morgan fingerprint density at radius 3 is 2.40 bits per heavy atom. The minimum atomic E-state index is 0. The summed E-state index contributed by atoms with van der Waals surface area (Å²) in [5, 5.41) is 9.87. The van der Waals surface area contributed by atoms with Gasteiger partial charge in [0.2, 0.25) is 5.91 Å². The van der Waals surface area contributed by atoms with Crippen LogP contribution in [0.5, 0.6) is 5.75 Å². The SMILES string of the molecule is Cl.Cl.O=C(CCc1ccc2nc(-c3ccccc3)c3c(c2c1)OCCC3)NCCCCCCCNc1c2c(nc3cc(Cl)ccc13)CCCC2.